The zero-order chi connectivity index (χ0) is 16.8. The van der Waals surface area contributed by atoms with E-state index in [-0.39, 0.29) is 12.1 Å². The molecule has 1 aliphatic rings. The summed E-state index contributed by atoms with van der Waals surface area (Å²) in [5.74, 6) is 0. The Labute approximate surface area is 143 Å². The molecule has 5 nitrogen and oxygen atoms in total. The zero-order valence-corrected chi connectivity index (χ0v) is 14.0. The number of para-hydroxylation sites is 1. The quantitative estimate of drug-likeness (QED) is 0.858. The van der Waals surface area contributed by atoms with Crippen molar-refractivity contribution in [3.63, 3.8) is 0 Å². The lowest BCUT2D eigenvalue weighted by molar-refractivity contribution is 0.240. The van der Waals surface area contributed by atoms with Crippen molar-refractivity contribution in [1.82, 2.24) is 15.6 Å². The molecule has 1 aromatic heterocycles. The van der Waals surface area contributed by atoms with Crippen molar-refractivity contribution in [2.45, 2.75) is 25.8 Å². The minimum atomic E-state index is -0.120. The monoisotopic (exact) mass is 324 g/mol. The van der Waals surface area contributed by atoms with Crippen molar-refractivity contribution in [3.05, 3.63) is 59.9 Å². The van der Waals surface area contributed by atoms with Gasteiger partial charge in [-0.3, -0.25) is 4.98 Å². The summed E-state index contributed by atoms with van der Waals surface area (Å²) in [6.45, 7) is 4.38. The highest BCUT2D eigenvalue weighted by molar-refractivity contribution is 5.74. The van der Waals surface area contributed by atoms with Crippen LogP contribution in [0.1, 0.15) is 18.2 Å². The maximum Gasteiger partial charge on any atom is 0.314 e. The molecule has 0 saturated heterocycles. The van der Waals surface area contributed by atoms with E-state index in [0.29, 0.717) is 13.1 Å². The zero-order valence-electron chi connectivity index (χ0n) is 14.0. The van der Waals surface area contributed by atoms with E-state index >= 15 is 0 Å². The number of fused-ring (bicyclic) bond motifs is 1. The van der Waals surface area contributed by atoms with Gasteiger partial charge in [0, 0.05) is 49.7 Å². The number of nitrogens with one attached hydrogen (secondary N) is 2. The van der Waals surface area contributed by atoms with Gasteiger partial charge in [-0.25, -0.2) is 4.79 Å². The molecular weight excluding hydrogens is 300 g/mol. The van der Waals surface area contributed by atoms with Crippen molar-refractivity contribution in [2.75, 3.05) is 24.5 Å². The van der Waals surface area contributed by atoms with Gasteiger partial charge in [0.1, 0.15) is 0 Å². The smallest absolute Gasteiger partial charge is 0.314 e. The van der Waals surface area contributed by atoms with Gasteiger partial charge in [0.15, 0.2) is 0 Å². The summed E-state index contributed by atoms with van der Waals surface area (Å²) in [5.41, 5.74) is 3.67. The van der Waals surface area contributed by atoms with Crippen LogP contribution in [0.25, 0.3) is 0 Å². The number of hydrogen-bond donors (Lipinski definition) is 2. The SMILES string of the molecule is C[C@H](CNC(=O)NCCc1ccccn1)N1CCc2ccccc21. The summed E-state index contributed by atoms with van der Waals surface area (Å²) in [7, 11) is 0. The third kappa shape index (κ3) is 4.04. The highest BCUT2D eigenvalue weighted by atomic mass is 16.2. The summed E-state index contributed by atoms with van der Waals surface area (Å²) >= 11 is 0. The fourth-order valence-electron chi connectivity index (χ4n) is 3.08. The number of hydrogen-bond acceptors (Lipinski definition) is 3. The number of pyridine rings is 1. The third-order valence-electron chi connectivity index (χ3n) is 4.41. The number of nitrogens with zero attached hydrogens (tertiary/aromatic N) is 2. The number of carbonyl (C=O) groups is 1. The van der Waals surface area contributed by atoms with Crippen LogP contribution >= 0.6 is 0 Å². The molecule has 2 N–H and O–H groups in total. The Bertz CT molecular complexity index is 674. The lowest BCUT2D eigenvalue weighted by atomic mass is 10.2. The predicted octanol–water partition coefficient (Wildman–Crippen LogP) is 2.37. The van der Waals surface area contributed by atoms with E-state index in [2.05, 4.69) is 51.7 Å². The van der Waals surface area contributed by atoms with Crippen LogP contribution < -0.4 is 15.5 Å². The van der Waals surface area contributed by atoms with Crippen LogP contribution in [0.2, 0.25) is 0 Å². The second kappa shape index (κ2) is 7.81. The fourth-order valence-corrected chi connectivity index (χ4v) is 3.08. The Morgan fingerprint density at radius 1 is 1.21 bits per heavy atom. The maximum atomic E-state index is 11.9. The molecule has 0 spiro atoms. The molecule has 0 radical (unpaired) electrons. The minimum absolute atomic E-state index is 0.120. The van der Waals surface area contributed by atoms with Gasteiger partial charge in [-0.05, 0) is 37.1 Å². The molecule has 2 amide bonds. The average Bonchev–Trinajstić information content (AvgIpc) is 3.05. The molecule has 126 valence electrons. The molecule has 0 unspecified atom stereocenters. The van der Waals surface area contributed by atoms with Crippen molar-refractivity contribution in [2.24, 2.45) is 0 Å². The van der Waals surface area contributed by atoms with Gasteiger partial charge in [0.25, 0.3) is 0 Å². The standard InChI is InChI=1S/C19H24N4O/c1-15(23-13-10-16-6-2-3-8-18(16)23)14-22-19(24)21-12-9-17-7-4-5-11-20-17/h2-8,11,15H,9-10,12-14H2,1H3,(H2,21,22,24)/t15-/m1/s1. The molecule has 0 saturated carbocycles. The Hall–Kier alpha value is -2.56. The van der Waals surface area contributed by atoms with Gasteiger partial charge in [0.2, 0.25) is 0 Å². The molecule has 0 fully saturated rings. The first kappa shape index (κ1) is 16.3. The fraction of sp³-hybridized carbons (Fsp3) is 0.368. The number of rotatable bonds is 6. The first-order valence-electron chi connectivity index (χ1n) is 8.50. The molecule has 5 heteroatoms. The molecule has 24 heavy (non-hydrogen) atoms. The van der Waals surface area contributed by atoms with Gasteiger partial charge in [0.05, 0.1) is 0 Å². The maximum absolute atomic E-state index is 11.9. The van der Waals surface area contributed by atoms with Crippen LogP contribution in [0.5, 0.6) is 0 Å². The van der Waals surface area contributed by atoms with Gasteiger partial charge >= 0.3 is 6.03 Å². The van der Waals surface area contributed by atoms with E-state index < -0.39 is 0 Å². The largest absolute Gasteiger partial charge is 0.366 e. The van der Waals surface area contributed by atoms with Crippen molar-refractivity contribution >= 4 is 11.7 Å². The highest BCUT2D eigenvalue weighted by Gasteiger charge is 2.22. The van der Waals surface area contributed by atoms with Gasteiger partial charge < -0.3 is 15.5 Å². The van der Waals surface area contributed by atoms with Crippen molar-refractivity contribution in [3.8, 4) is 0 Å². The van der Waals surface area contributed by atoms with Crippen LogP contribution in [0.4, 0.5) is 10.5 Å². The van der Waals surface area contributed by atoms with Crippen LogP contribution in [0.15, 0.2) is 48.7 Å². The third-order valence-corrected chi connectivity index (χ3v) is 4.41. The highest BCUT2D eigenvalue weighted by Crippen LogP contribution is 2.28. The number of carbonyl (C=O) groups excluding carboxylic acids is 1. The molecule has 2 heterocycles. The Kier molecular flexibility index (Phi) is 5.31. The lowest BCUT2D eigenvalue weighted by Gasteiger charge is -2.27. The number of anilines is 1. The summed E-state index contributed by atoms with van der Waals surface area (Å²) in [4.78, 5) is 18.5. The molecule has 0 aliphatic carbocycles. The van der Waals surface area contributed by atoms with Gasteiger partial charge in [-0.1, -0.05) is 24.3 Å². The Balaban J connectivity index is 1.40. The topological polar surface area (TPSA) is 57.3 Å². The molecule has 2 aromatic rings. The average molecular weight is 324 g/mol. The normalized spacial score (nSPS) is 14.1. The van der Waals surface area contributed by atoms with E-state index in [1.807, 2.05) is 18.2 Å². The molecule has 1 aromatic carbocycles. The summed E-state index contributed by atoms with van der Waals surface area (Å²) in [6.07, 6.45) is 3.59. The predicted molar refractivity (Wildman–Crippen MR) is 96.3 cm³/mol. The Morgan fingerprint density at radius 3 is 2.88 bits per heavy atom. The second-order valence-corrected chi connectivity index (χ2v) is 6.13. The molecule has 1 atom stereocenters. The van der Waals surface area contributed by atoms with Crippen LogP contribution in [0.3, 0.4) is 0 Å². The number of benzene rings is 1. The van der Waals surface area contributed by atoms with E-state index in [4.69, 9.17) is 0 Å². The molecule has 3 rings (SSSR count). The van der Waals surface area contributed by atoms with Crippen LogP contribution in [-0.2, 0) is 12.8 Å². The molecule has 1 aliphatic heterocycles. The minimum Gasteiger partial charge on any atom is -0.366 e. The lowest BCUT2D eigenvalue weighted by Crippen LogP contribution is -2.45. The van der Waals surface area contributed by atoms with Crippen LogP contribution in [0, 0.1) is 0 Å². The number of urea groups is 1. The van der Waals surface area contributed by atoms with E-state index in [9.17, 15) is 4.79 Å². The van der Waals surface area contributed by atoms with Crippen molar-refractivity contribution < 1.29 is 4.79 Å². The molecular formula is C19H24N4O. The number of amides is 2. The van der Waals surface area contributed by atoms with Gasteiger partial charge in [-0.15, -0.1) is 0 Å². The second-order valence-electron chi connectivity index (χ2n) is 6.13. The first-order chi connectivity index (χ1) is 11.7. The Morgan fingerprint density at radius 2 is 2.04 bits per heavy atom. The summed E-state index contributed by atoms with van der Waals surface area (Å²) in [6, 6.07) is 14.5. The van der Waals surface area contributed by atoms with E-state index in [1.165, 1.54) is 11.3 Å². The summed E-state index contributed by atoms with van der Waals surface area (Å²) < 4.78 is 0. The van der Waals surface area contributed by atoms with Gasteiger partial charge in [-0.2, -0.15) is 0 Å². The summed E-state index contributed by atoms with van der Waals surface area (Å²) in [5, 5.41) is 5.85. The number of aromatic nitrogens is 1. The first-order valence-corrected chi connectivity index (χ1v) is 8.50. The molecule has 0 bridgehead atoms. The van der Waals surface area contributed by atoms with Crippen LogP contribution in [-0.4, -0.2) is 36.7 Å². The van der Waals surface area contributed by atoms with E-state index in [1.54, 1.807) is 6.20 Å². The van der Waals surface area contributed by atoms with Crippen molar-refractivity contribution in [1.29, 1.82) is 0 Å². The van der Waals surface area contributed by atoms with E-state index in [0.717, 1.165) is 25.1 Å².